The lowest BCUT2D eigenvalue weighted by atomic mass is 9.77. The van der Waals surface area contributed by atoms with Crippen LogP contribution in [0.2, 0.25) is 0 Å². The summed E-state index contributed by atoms with van der Waals surface area (Å²) < 4.78 is 14.3. The Bertz CT molecular complexity index is 855. The molecule has 0 bridgehead atoms. The van der Waals surface area contributed by atoms with Gasteiger partial charge in [0.15, 0.2) is 0 Å². The highest BCUT2D eigenvalue weighted by molar-refractivity contribution is 5.65. The summed E-state index contributed by atoms with van der Waals surface area (Å²) in [5, 5.41) is 8.91. The number of nitrogens with zero attached hydrogens (tertiary/aromatic N) is 1. The maximum atomic E-state index is 14.3. The molecule has 178 valence electrons. The van der Waals surface area contributed by atoms with Crippen LogP contribution in [0.5, 0.6) is 0 Å². The van der Waals surface area contributed by atoms with E-state index < -0.39 is 0 Å². The molecule has 0 aromatic heterocycles. The Hall–Kier alpha value is -2.14. The lowest BCUT2D eigenvalue weighted by Crippen LogP contribution is -2.15. The fourth-order valence-electron chi connectivity index (χ4n) is 5.42. The van der Waals surface area contributed by atoms with Gasteiger partial charge >= 0.3 is 0 Å². The van der Waals surface area contributed by atoms with Gasteiger partial charge in [-0.25, -0.2) is 4.39 Å². The monoisotopic (exact) mass is 447 g/mol. The van der Waals surface area contributed by atoms with Crippen LogP contribution in [0.1, 0.15) is 108 Å². The number of unbranched alkanes of at least 4 members (excludes halogenated alkanes) is 7. The van der Waals surface area contributed by atoms with E-state index in [4.69, 9.17) is 5.26 Å². The first-order chi connectivity index (χ1) is 16.2. The van der Waals surface area contributed by atoms with E-state index in [1.54, 1.807) is 12.1 Å². The average molecular weight is 448 g/mol. The Morgan fingerprint density at radius 3 is 2.00 bits per heavy atom. The Balaban J connectivity index is 1.31. The van der Waals surface area contributed by atoms with Crippen molar-refractivity contribution in [3.8, 4) is 17.2 Å². The van der Waals surface area contributed by atoms with Crippen LogP contribution in [0.3, 0.4) is 0 Å². The third-order valence-electron chi connectivity index (χ3n) is 7.64. The van der Waals surface area contributed by atoms with Crippen LogP contribution in [-0.2, 0) is 6.42 Å². The fourth-order valence-corrected chi connectivity index (χ4v) is 5.42. The summed E-state index contributed by atoms with van der Waals surface area (Å²) in [5.41, 5.74) is 3.15. The van der Waals surface area contributed by atoms with Gasteiger partial charge in [0.2, 0.25) is 0 Å². The molecule has 2 heteroatoms. The van der Waals surface area contributed by atoms with Gasteiger partial charge in [0.05, 0.1) is 11.6 Å². The predicted molar refractivity (Wildman–Crippen MR) is 138 cm³/mol. The average Bonchev–Trinajstić information content (AvgIpc) is 2.85. The normalized spacial score (nSPS) is 18.2. The second-order valence-corrected chi connectivity index (χ2v) is 10.2. The molecule has 3 rings (SSSR count). The van der Waals surface area contributed by atoms with Crippen LogP contribution in [0.25, 0.3) is 11.1 Å². The van der Waals surface area contributed by atoms with Crippen molar-refractivity contribution >= 4 is 0 Å². The summed E-state index contributed by atoms with van der Waals surface area (Å²) in [7, 11) is 0. The molecule has 0 aliphatic heterocycles. The van der Waals surface area contributed by atoms with E-state index in [0.717, 1.165) is 23.8 Å². The maximum absolute atomic E-state index is 14.3. The zero-order valence-electron chi connectivity index (χ0n) is 20.6. The van der Waals surface area contributed by atoms with Gasteiger partial charge in [0.25, 0.3) is 0 Å². The number of hydrogen-bond donors (Lipinski definition) is 0. The quantitative estimate of drug-likeness (QED) is 0.280. The summed E-state index contributed by atoms with van der Waals surface area (Å²) >= 11 is 0. The fraction of sp³-hybridized carbons (Fsp3) is 0.581. The maximum Gasteiger partial charge on any atom is 0.132 e. The van der Waals surface area contributed by atoms with Crippen molar-refractivity contribution in [3.05, 3.63) is 59.4 Å². The second-order valence-electron chi connectivity index (χ2n) is 10.2. The molecule has 0 saturated heterocycles. The molecule has 1 aliphatic carbocycles. The number of hydrogen-bond acceptors (Lipinski definition) is 1. The Labute approximate surface area is 201 Å². The van der Waals surface area contributed by atoms with E-state index in [0.29, 0.717) is 11.1 Å². The van der Waals surface area contributed by atoms with Gasteiger partial charge in [-0.3, -0.25) is 0 Å². The van der Waals surface area contributed by atoms with Crippen LogP contribution >= 0.6 is 0 Å². The molecule has 1 fully saturated rings. The van der Waals surface area contributed by atoms with Gasteiger partial charge in [-0.05, 0) is 47.9 Å². The third kappa shape index (κ3) is 8.62. The Morgan fingerprint density at radius 1 is 0.788 bits per heavy atom. The molecule has 0 spiro atoms. The molecule has 0 heterocycles. The topological polar surface area (TPSA) is 23.8 Å². The minimum Gasteiger partial charge on any atom is -0.206 e. The molecule has 1 aliphatic rings. The molecule has 0 atom stereocenters. The number of rotatable bonds is 13. The summed E-state index contributed by atoms with van der Waals surface area (Å²) in [6.07, 6.45) is 20.9. The van der Waals surface area contributed by atoms with E-state index >= 15 is 0 Å². The van der Waals surface area contributed by atoms with Gasteiger partial charge in [-0.2, -0.15) is 5.26 Å². The largest absolute Gasteiger partial charge is 0.206 e. The molecule has 1 saturated carbocycles. The first kappa shape index (κ1) is 25.5. The summed E-state index contributed by atoms with van der Waals surface area (Å²) in [5.74, 6) is 1.52. The highest BCUT2D eigenvalue weighted by atomic mass is 19.1. The van der Waals surface area contributed by atoms with Gasteiger partial charge < -0.3 is 0 Å². The third-order valence-corrected chi connectivity index (χ3v) is 7.64. The van der Waals surface area contributed by atoms with E-state index in [1.807, 2.05) is 18.2 Å². The summed E-state index contributed by atoms with van der Waals surface area (Å²) in [6, 6.07) is 15.0. The number of nitriles is 1. The molecule has 1 nitrogen and oxygen atoms in total. The van der Waals surface area contributed by atoms with Crippen LogP contribution < -0.4 is 0 Å². The standard InChI is InChI=1S/C31H42FN/c1-2-3-4-5-6-7-8-9-10-25-11-13-26(14-12-25)15-16-27-17-20-29(21-18-27)30-22-19-28(24-33)23-31(30)32/h17-23,25-26H,2-16H2,1H3/t25-,26-. The van der Waals surface area contributed by atoms with Gasteiger partial charge in [0, 0.05) is 5.56 Å². The van der Waals surface area contributed by atoms with Crippen molar-refractivity contribution in [2.45, 2.75) is 103 Å². The highest BCUT2D eigenvalue weighted by Crippen LogP contribution is 2.34. The smallest absolute Gasteiger partial charge is 0.132 e. The minimum absolute atomic E-state index is 0.328. The van der Waals surface area contributed by atoms with Gasteiger partial charge in [-0.15, -0.1) is 0 Å². The molecule has 0 unspecified atom stereocenters. The second kappa shape index (κ2) is 14.2. The van der Waals surface area contributed by atoms with Crippen LogP contribution in [0.4, 0.5) is 4.39 Å². The first-order valence-corrected chi connectivity index (χ1v) is 13.5. The van der Waals surface area contributed by atoms with E-state index in [1.165, 1.54) is 102 Å². The summed E-state index contributed by atoms with van der Waals surface area (Å²) in [4.78, 5) is 0. The van der Waals surface area contributed by atoms with Crippen LogP contribution in [-0.4, -0.2) is 0 Å². The predicted octanol–water partition coefficient (Wildman–Crippen LogP) is 9.63. The van der Waals surface area contributed by atoms with Gasteiger partial charge in [0.1, 0.15) is 5.82 Å². The van der Waals surface area contributed by atoms with Gasteiger partial charge in [-0.1, -0.05) is 121 Å². The molecule has 2 aromatic carbocycles. The van der Waals surface area contributed by atoms with E-state index in [-0.39, 0.29) is 5.82 Å². The summed E-state index contributed by atoms with van der Waals surface area (Å²) in [6.45, 7) is 2.29. The SMILES string of the molecule is CCCCCCCCCC[C@H]1CC[C@H](CCc2ccc(-c3ccc(C#N)cc3F)cc2)CC1. The van der Waals surface area contributed by atoms with E-state index in [9.17, 15) is 4.39 Å². The van der Waals surface area contributed by atoms with Crippen molar-refractivity contribution in [2.24, 2.45) is 11.8 Å². The molecule has 0 N–H and O–H groups in total. The van der Waals surface area contributed by atoms with Crippen molar-refractivity contribution in [3.63, 3.8) is 0 Å². The molecule has 0 radical (unpaired) electrons. The number of aryl methyl sites for hydroxylation is 1. The van der Waals surface area contributed by atoms with Crippen molar-refractivity contribution in [1.29, 1.82) is 5.26 Å². The lowest BCUT2D eigenvalue weighted by molar-refractivity contribution is 0.248. The zero-order chi connectivity index (χ0) is 23.3. The van der Waals surface area contributed by atoms with Crippen LogP contribution in [0, 0.1) is 29.0 Å². The Morgan fingerprint density at radius 2 is 1.39 bits per heavy atom. The zero-order valence-corrected chi connectivity index (χ0v) is 20.6. The molecular weight excluding hydrogens is 405 g/mol. The lowest BCUT2D eigenvalue weighted by Gasteiger charge is -2.28. The molecular formula is C31H42FN. The minimum atomic E-state index is -0.328. The Kier molecular flexibility index (Phi) is 11.0. The van der Waals surface area contributed by atoms with Crippen molar-refractivity contribution in [1.82, 2.24) is 0 Å². The first-order valence-electron chi connectivity index (χ1n) is 13.5. The van der Waals surface area contributed by atoms with Crippen molar-refractivity contribution < 1.29 is 4.39 Å². The van der Waals surface area contributed by atoms with Crippen molar-refractivity contribution in [2.75, 3.05) is 0 Å². The number of halogens is 1. The van der Waals surface area contributed by atoms with Crippen LogP contribution in [0.15, 0.2) is 42.5 Å². The van der Waals surface area contributed by atoms with E-state index in [2.05, 4.69) is 19.1 Å². The highest BCUT2D eigenvalue weighted by Gasteiger charge is 2.20. The molecule has 0 amide bonds. The number of benzene rings is 2. The molecule has 2 aromatic rings. The molecule has 33 heavy (non-hydrogen) atoms.